The van der Waals surface area contributed by atoms with Crippen molar-refractivity contribution in [1.82, 2.24) is 19.4 Å². The maximum Gasteiger partial charge on any atom is 1.00 e. The van der Waals surface area contributed by atoms with Gasteiger partial charge in [-0.3, -0.25) is 24.2 Å². The van der Waals surface area contributed by atoms with Crippen LogP contribution < -0.4 is 88.6 Å². The number of amides is 2. The number of hydrogen-bond acceptors (Lipinski definition) is 18. The second-order valence-corrected chi connectivity index (χ2v) is 19.1. The van der Waals surface area contributed by atoms with Gasteiger partial charge in [0, 0.05) is 36.3 Å². The Morgan fingerprint density at radius 3 is 1.54 bits per heavy atom. The quantitative estimate of drug-likeness (QED) is 0.0214. The molecule has 0 radical (unpaired) electrons. The van der Waals surface area contributed by atoms with E-state index in [0.717, 1.165) is 54.2 Å². The third-order valence-corrected chi connectivity index (χ3v) is 14.0. The zero-order valence-corrected chi connectivity index (χ0v) is 47.9. The van der Waals surface area contributed by atoms with Gasteiger partial charge < -0.3 is 52.6 Å². The van der Waals surface area contributed by atoms with Gasteiger partial charge in [0.25, 0.3) is 18.3 Å². The number of thiocarbonyl (C=S) groups is 2. The second kappa shape index (κ2) is 34.4. The largest absolute Gasteiger partial charge is 1.00 e. The summed E-state index contributed by atoms with van der Waals surface area (Å²) in [5.74, 6) is 2.71. The molecule has 16 nitrogen and oxygen atoms in total. The van der Waals surface area contributed by atoms with Crippen molar-refractivity contribution in [2.45, 2.75) is 37.8 Å². The summed E-state index contributed by atoms with van der Waals surface area (Å²) in [5, 5.41) is 11.9. The van der Waals surface area contributed by atoms with Crippen LogP contribution in [-0.4, -0.2) is 111 Å². The first kappa shape index (κ1) is 64.0. The zero-order valence-electron chi connectivity index (χ0n) is 39.0. The fourth-order valence-electron chi connectivity index (χ4n) is 7.25. The van der Waals surface area contributed by atoms with Crippen LogP contribution in [0.25, 0.3) is 12.2 Å². The van der Waals surface area contributed by atoms with Crippen molar-refractivity contribution in [2.24, 2.45) is 0 Å². The summed E-state index contributed by atoms with van der Waals surface area (Å²) in [5.41, 5.74) is 1.62. The van der Waals surface area contributed by atoms with Crippen LogP contribution in [-0.2, 0) is 38.6 Å². The summed E-state index contributed by atoms with van der Waals surface area (Å²) in [6.07, 6.45) is 7.36. The zero-order chi connectivity index (χ0) is 47.4. The van der Waals surface area contributed by atoms with E-state index in [9.17, 15) is 18.0 Å². The van der Waals surface area contributed by atoms with Gasteiger partial charge in [-0.1, -0.05) is 121 Å². The van der Waals surface area contributed by atoms with E-state index in [0.29, 0.717) is 76.2 Å². The Bertz CT molecular complexity index is 2470. The van der Waals surface area contributed by atoms with Gasteiger partial charge in [0.1, 0.15) is 58.1 Å². The number of nitrogens with one attached hydrogen (secondary N) is 1. The van der Waals surface area contributed by atoms with Gasteiger partial charge in [-0.2, -0.15) is 0 Å². The van der Waals surface area contributed by atoms with Crippen LogP contribution in [0.5, 0.6) is 23.0 Å². The molecule has 4 aliphatic heterocycles. The van der Waals surface area contributed by atoms with Crippen LogP contribution in [0.4, 0.5) is 0 Å². The standard InChI is InChI=1S/C23H23N2O5S3.C23H24N2O3S2.CH2O3.ClH.2Na.H2O/c26-22-21(32-23(31)24(22)16-18-8-6-12-25(18)33(27)28)15-17-7-4-5-11-20(17)30-14-13-29-19-9-2-1-3-10-19;26-22-21(30-23(29)25(22)16-18-8-6-12-24-18)15-17-7-4-5-11-20(17)28-14-13-27-19-9-2-1-3-10-19;2-1-4-3;;;;/h1-5,7,9-11,15,18H,6,8,12-14,16H2;1-5,7,9-11,15,18,24H,6,8,12-14,16H2;1,3H;1H;;;1H2/q-1;;;;2*+1;/p-2/b2*21-15-;;;;;. The fraction of sp³-hybridized carbons (Fsp3) is 0.298. The Morgan fingerprint density at radius 2 is 1.10 bits per heavy atom. The van der Waals surface area contributed by atoms with Crippen molar-refractivity contribution >= 4 is 110 Å². The molecule has 4 fully saturated rings. The Balaban J connectivity index is 0.000000431. The van der Waals surface area contributed by atoms with Crippen molar-refractivity contribution in [1.29, 1.82) is 0 Å². The van der Waals surface area contributed by atoms with Gasteiger partial charge in [0.15, 0.2) is 0 Å². The number of para-hydroxylation sites is 4. The third-order valence-electron chi connectivity index (χ3n) is 10.4. The molecule has 0 spiro atoms. The molecule has 370 valence electrons. The van der Waals surface area contributed by atoms with Crippen LogP contribution in [0.3, 0.4) is 0 Å². The number of hydrogen-bond donors (Lipinski definition) is 1. The molecule has 4 aliphatic rings. The van der Waals surface area contributed by atoms with E-state index in [1.807, 2.05) is 115 Å². The smallest absolute Gasteiger partial charge is 0.870 e. The van der Waals surface area contributed by atoms with Crippen LogP contribution in [0.2, 0.25) is 0 Å². The third kappa shape index (κ3) is 19.9. The van der Waals surface area contributed by atoms with Crippen molar-refractivity contribution < 1.29 is 116 Å². The number of nitrogens with zero attached hydrogens (tertiary/aromatic N) is 3. The molecule has 2 amide bonds. The van der Waals surface area contributed by atoms with Gasteiger partial charge in [-0.05, 0) is 98.2 Å². The molecule has 24 heteroatoms. The second-order valence-electron chi connectivity index (χ2n) is 14.8. The van der Waals surface area contributed by atoms with Gasteiger partial charge in [-0.25, -0.2) is 0 Å². The maximum absolute atomic E-state index is 13.0. The molecule has 2 N–H and O–H groups in total. The Morgan fingerprint density at radius 1 is 0.662 bits per heavy atom. The van der Waals surface area contributed by atoms with Crippen molar-refractivity contribution in [3.63, 3.8) is 0 Å². The van der Waals surface area contributed by atoms with Crippen LogP contribution in [0.1, 0.15) is 36.8 Å². The molecule has 71 heavy (non-hydrogen) atoms. The summed E-state index contributed by atoms with van der Waals surface area (Å²) in [4.78, 5) is 41.5. The fourth-order valence-corrected chi connectivity index (χ4v) is 10.5. The van der Waals surface area contributed by atoms with Crippen molar-refractivity contribution in [3.8, 4) is 23.0 Å². The molecular weight excluding hydrogens is 1050 g/mol. The normalized spacial score (nSPS) is 18.2. The molecule has 4 aromatic rings. The van der Waals surface area contributed by atoms with Gasteiger partial charge in [-0.15, -0.1) is 12.4 Å². The number of ether oxygens (including phenoxy) is 4. The first-order valence-corrected chi connectivity index (χ1v) is 24.7. The number of benzene rings is 4. The summed E-state index contributed by atoms with van der Waals surface area (Å²) in [6, 6.07) is 34.4. The minimum atomic E-state index is -2.30. The Kier molecular flexibility index (Phi) is 31.1. The van der Waals surface area contributed by atoms with E-state index >= 15 is 0 Å². The Labute approximate surface area is 484 Å². The van der Waals surface area contributed by atoms with E-state index in [2.05, 4.69) is 10.2 Å². The van der Waals surface area contributed by atoms with Gasteiger partial charge >= 0.3 is 59.1 Å². The predicted octanol–water partition coefficient (Wildman–Crippen LogP) is 0.820. The Hall–Kier alpha value is -3.07. The van der Waals surface area contributed by atoms with Gasteiger partial charge in [0.2, 0.25) is 0 Å². The summed E-state index contributed by atoms with van der Waals surface area (Å²) in [7, 11) is -2.30. The van der Waals surface area contributed by atoms with Gasteiger partial charge in [0.05, 0.1) is 9.81 Å². The maximum atomic E-state index is 13.0. The molecule has 4 heterocycles. The minimum absolute atomic E-state index is 0. The van der Waals surface area contributed by atoms with E-state index in [4.69, 9.17) is 53.4 Å². The molecule has 2 unspecified atom stereocenters. The molecular formula is C47H50ClN4Na2O12S5-. The van der Waals surface area contributed by atoms with Crippen LogP contribution in [0, 0.1) is 0 Å². The first-order valence-electron chi connectivity index (χ1n) is 21.3. The molecule has 2 atom stereocenters. The van der Waals surface area contributed by atoms with E-state index < -0.39 is 10.9 Å². The molecule has 8 rings (SSSR count). The SMILES string of the molecule is Cl.O=C1/C(=C/c2ccccc2OCCOc2ccccc2)SC(=S)N1CC1CCCN1.O=C1/C(=C/c2ccccc2OCCOc2ccccc2)SC(=S)N1CC1CCCN1[S-](=O)=O.O=CO[O-].[Na+].[Na+].[OH-]. The first-order chi connectivity index (χ1) is 32.6. The van der Waals surface area contributed by atoms with E-state index in [-0.39, 0.29) is 108 Å². The van der Waals surface area contributed by atoms with E-state index in [1.165, 1.54) is 32.7 Å². The number of halogens is 1. The number of carbonyl (C=O) groups is 3. The predicted molar refractivity (Wildman–Crippen MR) is 273 cm³/mol. The minimum Gasteiger partial charge on any atom is -0.870 e. The summed E-state index contributed by atoms with van der Waals surface area (Å²) in [6.45, 7) is 3.80. The van der Waals surface area contributed by atoms with E-state index in [1.54, 1.807) is 11.0 Å². The molecule has 4 saturated heterocycles. The number of rotatable bonds is 18. The summed E-state index contributed by atoms with van der Waals surface area (Å²) >= 11 is 13.5. The topological polar surface area (TPSA) is 206 Å². The number of carbonyl (C=O) groups excluding carboxylic acids is 3. The van der Waals surface area contributed by atoms with Crippen molar-refractivity contribution in [2.75, 3.05) is 52.6 Å². The van der Waals surface area contributed by atoms with Crippen LogP contribution >= 0.6 is 60.4 Å². The molecule has 0 aromatic heterocycles. The monoisotopic (exact) mass is 1100 g/mol. The van der Waals surface area contributed by atoms with Crippen molar-refractivity contribution in [3.05, 3.63) is 130 Å². The average molecular weight is 1100 g/mol. The summed E-state index contributed by atoms with van der Waals surface area (Å²) < 4.78 is 48.5. The number of thioether (sulfide) groups is 2. The average Bonchev–Trinajstić information content (AvgIpc) is 4.15. The molecule has 0 saturated carbocycles. The molecule has 0 bridgehead atoms. The molecule has 0 aliphatic carbocycles. The molecule has 4 aromatic carbocycles. The van der Waals surface area contributed by atoms with Crippen LogP contribution in [0.15, 0.2) is 119 Å².